The molecule has 1 aromatic rings. The summed E-state index contributed by atoms with van der Waals surface area (Å²) in [4.78, 5) is 14.3. The first-order valence-corrected chi connectivity index (χ1v) is 6.63. The molecule has 0 aliphatic heterocycles. The Morgan fingerprint density at radius 1 is 1.56 bits per heavy atom. The molecule has 0 bridgehead atoms. The van der Waals surface area contributed by atoms with Crippen LogP contribution in [0.4, 0.5) is 0 Å². The molecule has 0 aromatic carbocycles. The second-order valence-electron chi connectivity index (χ2n) is 4.15. The molecule has 88 valence electrons. The van der Waals surface area contributed by atoms with Crippen molar-refractivity contribution in [3.63, 3.8) is 0 Å². The molecule has 3 nitrogen and oxygen atoms in total. The minimum atomic E-state index is 0.164. The van der Waals surface area contributed by atoms with Crippen molar-refractivity contribution < 1.29 is 4.79 Å². The molecule has 0 saturated heterocycles. The van der Waals surface area contributed by atoms with Gasteiger partial charge < -0.3 is 9.47 Å². The molecular formula is C12H17BrN2O. The minimum absolute atomic E-state index is 0.164. The molecule has 0 radical (unpaired) electrons. The van der Waals surface area contributed by atoms with Gasteiger partial charge in [-0.05, 0) is 48.7 Å². The van der Waals surface area contributed by atoms with Crippen LogP contribution in [0.15, 0.2) is 16.7 Å². The van der Waals surface area contributed by atoms with Crippen LogP contribution in [0.3, 0.4) is 0 Å². The van der Waals surface area contributed by atoms with Crippen LogP contribution in [-0.2, 0) is 6.54 Å². The Bertz CT molecular complexity index is 396. The fraction of sp³-hybridized carbons (Fsp3) is 0.583. The van der Waals surface area contributed by atoms with Crippen molar-refractivity contribution >= 4 is 21.8 Å². The summed E-state index contributed by atoms with van der Waals surface area (Å²) >= 11 is 3.42. The Balaban J connectivity index is 2.24. The predicted octanol–water partition coefficient (Wildman–Crippen LogP) is 2.90. The summed E-state index contributed by atoms with van der Waals surface area (Å²) in [5, 5.41) is 0. The van der Waals surface area contributed by atoms with Crippen LogP contribution in [0.2, 0.25) is 0 Å². The van der Waals surface area contributed by atoms with Gasteiger partial charge in [0, 0.05) is 29.8 Å². The highest BCUT2D eigenvalue weighted by molar-refractivity contribution is 9.10. The monoisotopic (exact) mass is 284 g/mol. The number of rotatable bonds is 4. The van der Waals surface area contributed by atoms with Gasteiger partial charge in [-0.1, -0.05) is 0 Å². The molecule has 0 N–H and O–H groups in total. The number of halogens is 1. The zero-order valence-electron chi connectivity index (χ0n) is 9.74. The lowest BCUT2D eigenvalue weighted by molar-refractivity contribution is 0.0742. The van der Waals surface area contributed by atoms with Gasteiger partial charge in [-0.25, -0.2) is 0 Å². The van der Waals surface area contributed by atoms with Crippen molar-refractivity contribution in [2.75, 3.05) is 6.54 Å². The number of nitrogens with zero attached hydrogens (tertiary/aromatic N) is 2. The van der Waals surface area contributed by atoms with Gasteiger partial charge in [0.05, 0.1) is 0 Å². The SMILES string of the molecule is CCN(C(=O)c1cc(Br)cn1CC)C1CC1. The van der Waals surface area contributed by atoms with Crippen LogP contribution in [0.25, 0.3) is 0 Å². The maximum absolute atomic E-state index is 12.3. The molecule has 1 aliphatic carbocycles. The molecule has 2 rings (SSSR count). The van der Waals surface area contributed by atoms with Crippen LogP contribution in [0.1, 0.15) is 37.2 Å². The quantitative estimate of drug-likeness (QED) is 0.835. The Kier molecular flexibility index (Phi) is 3.38. The van der Waals surface area contributed by atoms with Gasteiger partial charge in [-0.15, -0.1) is 0 Å². The summed E-state index contributed by atoms with van der Waals surface area (Å²) in [6.07, 6.45) is 4.29. The molecule has 16 heavy (non-hydrogen) atoms. The molecule has 1 amide bonds. The smallest absolute Gasteiger partial charge is 0.270 e. The second-order valence-corrected chi connectivity index (χ2v) is 5.07. The standard InChI is InChI=1S/C12H17BrN2O/c1-3-14-8-9(13)7-11(14)12(16)15(4-2)10-5-6-10/h7-8,10H,3-6H2,1-2H3. The van der Waals surface area contributed by atoms with Gasteiger partial charge in [0.2, 0.25) is 0 Å². The van der Waals surface area contributed by atoms with E-state index in [1.54, 1.807) is 0 Å². The molecule has 1 saturated carbocycles. The lowest BCUT2D eigenvalue weighted by Crippen LogP contribution is -2.34. The third kappa shape index (κ3) is 2.17. The number of aryl methyl sites for hydroxylation is 1. The number of hydrogen-bond donors (Lipinski definition) is 0. The lowest BCUT2D eigenvalue weighted by atomic mass is 10.3. The van der Waals surface area contributed by atoms with E-state index >= 15 is 0 Å². The molecule has 4 heteroatoms. The molecule has 1 aromatic heterocycles. The lowest BCUT2D eigenvalue weighted by Gasteiger charge is -2.20. The largest absolute Gasteiger partial charge is 0.343 e. The highest BCUT2D eigenvalue weighted by atomic mass is 79.9. The van der Waals surface area contributed by atoms with Crippen LogP contribution in [0.5, 0.6) is 0 Å². The fourth-order valence-corrected chi connectivity index (χ4v) is 2.48. The molecular weight excluding hydrogens is 268 g/mol. The van der Waals surface area contributed by atoms with E-state index < -0.39 is 0 Å². The zero-order chi connectivity index (χ0) is 11.7. The van der Waals surface area contributed by atoms with Crippen LogP contribution >= 0.6 is 15.9 Å². The first-order chi connectivity index (χ1) is 7.67. The van der Waals surface area contributed by atoms with E-state index in [0.717, 1.165) is 36.1 Å². The van der Waals surface area contributed by atoms with Crippen molar-refractivity contribution in [2.45, 2.75) is 39.3 Å². The van der Waals surface area contributed by atoms with Crippen molar-refractivity contribution in [3.8, 4) is 0 Å². The van der Waals surface area contributed by atoms with E-state index in [0.29, 0.717) is 6.04 Å². The van der Waals surface area contributed by atoms with Gasteiger partial charge in [0.25, 0.3) is 5.91 Å². The number of hydrogen-bond acceptors (Lipinski definition) is 1. The van der Waals surface area contributed by atoms with E-state index in [1.165, 1.54) is 0 Å². The second kappa shape index (κ2) is 4.62. The summed E-state index contributed by atoms with van der Waals surface area (Å²) in [7, 11) is 0. The Morgan fingerprint density at radius 3 is 2.75 bits per heavy atom. The van der Waals surface area contributed by atoms with Crippen molar-refractivity contribution in [3.05, 3.63) is 22.4 Å². The first-order valence-electron chi connectivity index (χ1n) is 5.84. The highest BCUT2D eigenvalue weighted by Crippen LogP contribution is 2.28. The summed E-state index contributed by atoms with van der Waals surface area (Å²) in [5.41, 5.74) is 0.795. The Morgan fingerprint density at radius 2 is 2.25 bits per heavy atom. The highest BCUT2D eigenvalue weighted by Gasteiger charge is 2.32. The maximum atomic E-state index is 12.3. The van der Waals surface area contributed by atoms with Crippen molar-refractivity contribution in [2.24, 2.45) is 0 Å². The summed E-state index contributed by atoms with van der Waals surface area (Å²) in [5.74, 6) is 0.164. The van der Waals surface area contributed by atoms with E-state index in [-0.39, 0.29) is 5.91 Å². The average Bonchev–Trinajstić information content (AvgIpc) is 3.02. The average molecular weight is 285 g/mol. The molecule has 0 atom stereocenters. The third-order valence-electron chi connectivity index (χ3n) is 3.01. The Labute approximate surface area is 105 Å². The van der Waals surface area contributed by atoms with Gasteiger partial charge in [-0.3, -0.25) is 4.79 Å². The number of carbonyl (C=O) groups is 1. The van der Waals surface area contributed by atoms with E-state index in [4.69, 9.17) is 0 Å². The summed E-state index contributed by atoms with van der Waals surface area (Å²) in [6.45, 7) is 5.73. The predicted molar refractivity (Wildman–Crippen MR) is 67.5 cm³/mol. The molecule has 1 fully saturated rings. The van der Waals surface area contributed by atoms with E-state index in [9.17, 15) is 4.79 Å². The van der Waals surface area contributed by atoms with Crippen molar-refractivity contribution in [1.29, 1.82) is 0 Å². The third-order valence-corrected chi connectivity index (χ3v) is 3.45. The van der Waals surface area contributed by atoms with Crippen molar-refractivity contribution in [1.82, 2.24) is 9.47 Å². The topological polar surface area (TPSA) is 25.2 Å². The van der Waals surface area contributed by atoms with Gasteiger partial charge in [0.1, 0.15) is 5.69 Å². The molecule has 1 aliphatic rings. The van der Waals surface area contributed by atoms with E-state index in [2.05, 4.69) is 22.9 Å². The number of amides is 1. The zero-order valence-corrected chi connectivity index (χ0v) is 11.3. The van der Waals surface area contributed by atoms with Gasteiger partial charge >= 0.3 is 0 Å². The van der Waals surface area contributed by atoms with Crippen LogP contribution in [-0.4, -0.2) is 28.0 Å². The van der Waals surface area contributed by atoms with Crippen LogP contribution < -0.4 is 0 Å². The maximum Gasteiger partial charge on any atom is 0.270 e. The molecule has 0 unspecified atom stereocenters. The molecule has 0 spiro atoms. The summed E-state index contributed by atoms with van der Waals surface area (Å²) < 4.78 is 2.97. The minimum Gasteiger partial charge on any atom is -0.343 e. The van der Waals surface area contributed by atoms with Gasteiger partial charge in [-0.2, -0.15) is 0 Å². The fourth-order valence-electron chi connectivity index (χ4n) is 2.02. The number of aromatic nitrogens is 1. The normalized spacial score (nSPS) is 15.2. The number of carbonyl (C=O) groups excluding carboxylic acids is 1. The van der Waals surface area contributed by atoms with E-state index in [1.807, 2.05) is 28.7 Å². The van der Waals surface area contributed by atoms with Crippen LogP contribution in [0, 0.1) is 0 Å². The summed E-state index contributed by atoms with van der Waals surface area (Å²) in [6, 6.07) is 2.40. The van der Waals surface area contributed by atoms with Gasteiger partial charge in [0.15, 0.2) is 0 Å². The Hall–Kier alpha value is -0.770. The first kappa shape index (κ1) is 11.7. The molecule has 1 heterocycles.